The van der Waals surface area contributed by atoms with Crippen molar-refractivity contribution < 1.29 is 9.59 Å². The van der Waals surface area contributed by atoms with Gasteiger partial charge in [-0.25, -0.2) is 0 Å². The molecule has 3 fully saturated rings. The van der Waals surface area contributed by atoms with Gasteiger partial charge in [-0.1, -0.05) is 37.3 Å². The molecular formula is C28H36N4O3. The van der Waals surface area contributed by atoms with Crippen molar-refractivity contribution in [3.63, 3.8) is 0 Å². The maximum atomic E-state index is 13.2. The Morgan fingerprint density at radius 2 is 1.71 bits per heavy atom. The predicted octanol–water partition coefficient (Wildman–Crippen LogP) is 2.90. The summed E-state index contributed by atoms with van der Waals surface area (Å²) >= 11 is 0. The Balaban J connectivity index is 1.21. The quantitative estimate of drug-likeness (QED) is 0.644. The Labute approximate surface area is 206 Å². The van der Waals surface area contributed by atoms with Gasteiger partial charge in [0.2, 0.25) is 11.5 Å². The van der Waals surface area contributed by atoms with E-state index in [-0.39, 0.29) is 35.3 Å². The summed E-state index contributed by atoms with van der Waals surface area (Å²) in [6.45, 7) is 10.2. The Hall–Kier alpha value is -2.93. The molecule has 2 N–H and O–H groups in total. The molecule has 0 radical (unpaired) electrons. The highest BCUT2D eigenvalue weighted by molar-refractivity contribution is 5.96. The second-order valence-corrected chi connectivity index (χ2v) is 10.9. The summed E-state index contributed by atoms with van der Waals surface area (Å²) in [5.74, 6) is 1.61. The lowest BCUT2D eigenvalue weighted by Gasteiger charge is -2.30. The first-order valence-corrected chi connectivity index (χ1v) is 12.9. The standard InChI is InChI=1S/C28H36N4O3/c1-17-11-24(33)29-19(3)25(17)28(35)32-15-22-13-31(14-23(22)16-32)12-18(2)26(20-7-5-4-6-8-20)30-27(34)21-9-10-21/h4-8,11,18,21-23,26H,9-10,12-16H2,1-3H3,(H,29,33)(H,30,34)/t18?,22-,23?,26?/m0/s1. The van der Waals surface area contributed by atoms with E-state index in [0.717, 1.165) is 56.7 Å². The second-order valence-electron chi connectivity index (χ2n) is 10.9. The third kappa shape index (κ3) is 5.06. The van der Waals surface area contributed by atoms with Gasteiger partial charge in [-0.2, -0.15) is 0 Å². The van der Waals surface area contributed by atoms with E-state index in [2.05, 4.69) is 34.3 Å². The van der Waals surface area contributed by atoms with Gasteiger partial charge in [0.15, 0.2) is 0 Å². The molecule has 186 valence electrons. The second kappa shape index (κ2) is 9.61. The third-order valence-electron chi connectivity index (χ3n) is 8.01. The van der Waals surface area contributed by atoms with E-state index in [1.807, 2.05) is 30.0 Å². The number of H-pyrrole nitrogens is 1. The molecule has 1 saturated carbocycles. The van der Waals surface area contributed by atoms with Gasteiger partial charge in [-0.05, 0) is 55.6 Å². The number of benzene rings is 1. The Morgan fingerprint density at radius 3 is 2.31 bits per heavy atom. The normalized spacial score (nSPS) is 23.7. The number of nitrogens with one attached hydrogen (secondary N) is 2. The van der Waals surface area contributed by atoms with Crippen molar-refractivity contribution in [1.29, 1.82) is 0 Å². The smallest absolute Gasteiger partial charge is 0.255 e. The van der Waals surface area contributed by atoms with Gasteiger partial charge in [0.25, 0.3) is 5.91 Å². The van der Waals surface area contributed by atoms with Crippen LogP contribution in [0.25, 0.3) is 0 Å². The Kier molecular flexibility index (Phi) is 6.53. The summed E-state index contributed by atoms with van der Waals surface area (Å²) < 4.78 is 0. The first-order chi connectivity index (χ1) is 16.8. The number of hydrogen-bond acceptors (Lipinski definition) is 4. The minimum absolute atomic E-state index is 0.00834. The summed E-state index contributed by atoms with van der Waals surface area (Å²) in [6.07, 6.45) is 2.01. The molecule has 2 amide bonds. The fourth-order valence-corrected chi connectivity index (χ4v) is 6.08. The SMILES string of the molecule is Cc1cc(=O)[nH]c(C)c1C(=O)N1CC2CN(CC(C)C(NC(=O)C3CC3)c3ccccc3)C[C@H]2C1. The van der Waals surface area contributed by atoms with E-state index in [0.29, 0.717) is 23.1 Å². The van der Waals surface area contributed by atoms with Crippen LogP contribution >= 0.6 is 0 Å². The molecule has 7 nitrogen and oxygen atoms in total. The third-order valence-corrected chi connectivity index (χ3v) is 8.01. The van der Waals surface area contributed by atoms with Crippen molar-refractivity contribution in [2.24, 2.45) is 23.7 Å². The maximum absolute atomic E-state index is 13.2. The molecule has 1 aromatic heterocycles. The van der Waals surface area contributed by atoms with Crippen molar-refractivity contribution in [3.8, 4) is 0 Å². The molecule has 35 heavy (non-hydrogen) atoms. The van der Waals surface area contributed by atoms with Crippen LogP contribution in [0, 0.1) is 37.5 Å². The summed E-state index contributed by atoms with van der Waals surface area (Å²) in [6, 6.07) is 11.8. The number of fused-ring (bicyclic) bond motifs is 1. The average molecular weight is 477 g/mol. The number of carbonyl (C=O) groups is 2. The highest BCUT2D eigenvalue weighted by atomic mass is 16.2. The number of likely N-dealkylation sites (tertiary alicyclic amines) is 2. The molecule has 5 rings (SSSR count). The molecule has 3 aliphatic rings. The van der Waals surface area contributed by atoms with Crippen molar-refractivity contribution in [1.82, 2.24) is 20.1 Å². The Bertz CT molecular complexity index is 1120. The highest BCUT2D eigenvalue weighted by Crippen LogP contribution is 2.35. The minimum Gasteiger partial charge on any atom is -0.349 e. The zero-order valence-corrected chi connectivity index (χ0v) is 20.9. The van der Waals surface area contributed by atoms with Gasteiger partial charge in [0, 0.05) is 50.4 Å². The predicted molar refractivity (Wildman–Crippen MR) is 135 cm³/mol. The number of aromatic amines is 1. The number of hydrogen-bond donors (Lipinski definition) is 2. The van der Waals surface area contributed by atoms with E-state index in [4.69, 9.17) is 0 Å². The van der Waals surface area contributed by atoms with E-state index >= 15 is 0 Å². The van der Waals surface area contributed by atoms with Gasteiger partial charge in [0.1, 0.15) is 0 Å². The molecule has 0 spiro atoms. The fourth-order valence-electron chi connectivity index (χ4n) is 6.08. The fraction of sp³-hybridized carbons (Fsp3) is 0.536. The molecule has 2 saturated heterocycles. The lowest BCUT2D eigenvalue weighted by Crippen LogP contribution is -2.40. The first kappa shape index (κ1) is 23.8. The van der Waals surface area contributed by atoms with Crippen LogP contribution < -0.4 is 10.9 Å². The molecule has 1 aromatic carbocycles. The molecule has 0 bridgehead atoms. The van der Waals surface area contributed by atoms with E-state index in [9.17, 15) is 14.4 Å². The van der Waals surface area contributed by atoms with Crippen LogP contribution in [0.5, 0.6) is 0 Å². The van der Waals surface area contributed by atoms with Crippen LogP contribution in [0.2, 0.25) is 0 Å². The van der Waals surface area contributed by atoms with Crippen LogP contribution in [-0.4, -0.2) is 59.3 Å². The lowest BCUT2D eigenvalue weighted by atomic mass is 9.93. The van der Waals surface area contributed by atoms with Crippen LogP contribution in [0.4, 0.5) is 0 Å². The number of rotatable bonds is 7. The number of aryl methyl sites for hydroxylation is 2. The molecule has 2 aromatic rings. The van der Waals surface area contributed by atoms with Gasteiger partial charge in [0.05, 0.1) is 11.6 Å². The topological polar surface area (TPSA) is 85.5 Å². The summed E-state index contributed by atoms with van der Waals surface area (Å²) in [5.41, 5.74) is 3.02. The number of amides is 2. The van der Waals surface area contributed by atoms with Gasteiger partial charge < -0.3 is 20.1 Å². The first-order valence-electron chi connectivity index (χ1n) is 12.9. The summed E-state index contributed by atoms with van der Waals surface area (Å²) in [5, 5.41) is 3.33. The Morgan fingerprint density at radius 1 is 1.06 bits per heavy atom. The highest BCUT2D eigenvalue weighted by Gasteiger charge is 2.43. The number of pyridine rings is 1. The number of nitrogens with zero attached hydrogens (tertiary/aromatic N) is 2. The zero-order chi connectivity index (χ0) is 24.7. The zero-order valence-electron chi connectivity index (χ0n) is 20.9. The van der Waals surface area contributed by atoms with Crippen molar-refractivity contribution >= 4 is 11.8 Å². The van der Waals surface area contributed by atoms with Crippen LogP contribution in [0.3, 0.4) is 0 Å². The van der Waals surface area contributed by atoms with Crippen molar-refractivity contribution in [2.75, 3.05) is 32.7 Å². The molecule has 1 aliphatic carbocycles. The molecule has 7 heteroatoms. The van der Waals surface area contributed by atoms with Gasteiger partial charge in [-0.3, -0.25) is 14.4 Å². The van der Waals surface area contributed by atoms with Crippen LogP contribution in [0.1, 0.15) is 53.0 Å². The summed E-state index contributed by atoms with van der Waals surface area (Å²) in [4.78, 5) is 44.8. The molecule has 3 unspecified atom stereocenters. The monoisotopic (exact) mass is 476 g/mol. The maximum Gasteiger partial charge on any atom is 0.255 e. The minimum atomic E-state index is -0.165. The lowest BCUT2D eigenvalue weighted by molar-refractivity contribution is -0.123. The van der Waals surface area contributed by atoms with Crippen LogP contribution in [0.15, 0.2) is 41.2 Å². The van der Waals surface area contributed by atoms with Crippen molar-refractivity contribution in [3.05, 3.63) is 69.1 Å². The number of aromatic nitrogens is 1. The van der Waals surface area contributed by atoms with E-state index in [1.165, 1.54) is 6.07 Å². The molecule has 2 aliphatic heterocycles. The van der Waals surface area contributed by atoms with E-state index in [1.54, 1.807) is 6.92 Å². The average Bonchev–Trinajstić information content (AvgIpc) is 3.49. The van der Waals surface area contributed by atoms with E-state index < -0.39 is 0 Å². The number of carbonyl (C=O) groups excluding carboxylic acids is 2. The summed E-state index contributed by atoms with van der Waals surface area (Å²) in [7, 11) is 0. The van der Waals surface area contributed by atoms with Gasteiger partial charge >= 0.3 is 0 Å². The van der Waals surface area contributed by atoms with Crippen LogP contribution in [-0.2, 0) is 4.79 Å². The van der Waals surface area contributed by atoms with Crippen molar-refractivity contribution in [2.45, 2.75) is 39.7 Å². The molecular weight excluding hydrogens is 440 g/mol. The molecule has 3 heterocycles. The largest absolute Gasteiger partial charge is 0.349 e. The molecule has 4 atom stereocenters. The van der Waals surface area contributed by atoms with Gasteiger partial charge in [-0.15, -0.1) is 0 Å².